The van der Waals surface area contributed by atoms with Gasteiger partial charge in [-0.05, 0) is 30.4 Å². The minimum absolute atomic E-state index is 0.0370. The lowest BCUT2D eigenvalue weighted by atomic mass is 9.81. The molecular weight excluding hydrogens is 326 g/mol. The minimum atomic E-state index is -2.54. The van der Waals surface area contributed by atoms with Crippen LogP contribution in [0, 0.1) is 5.92 Å². The standard InChI is InChI=1S/C17H20F2N6/c18-17(19)3-1-13(2-4-17)16(20)14-10-25-15(23-14)7-12(8-22-25)9-24-6-5-21-11-24/h5-8,10-11,13,16H,1-4,9,20H2/t16-/m0/s1. The molecule has 3 heterocycles. The maximum atomic E-state index is 13.3. The lowest BCUT2D eigenvalue weighted by Crippen LogP contribution is -2.31. The van der Waals surface area contributed by atoms with Gasteiger partial charge in [0.15, 0.2) is 5.65 Å². The molecule has 4 rings (SSSR count). The van der Waals surface area contributed by atoms with Gasteiger partial charge >= 0.3 is 0 Å². The molecule has 6 nitrogen and oxygen atoms in total. The van der Waals surface area contributed by atoms with E-state index in [1.807, 2.05) is 16.8 Å². The number of rotatable bonds is 4. The molecule has 0 unspecified atom stereocenters. The number of imidazole rings is 2. The average Bonchev–Trinajstić information content (AvgIpc) is 3.23. The van der Waals surface area contributed by atoms with E-state index in [-0.39, 0.29) is 24.8 Å². The van der Waals surface area contributed by atoms with E-state index in [1.165, 1.54) is 0 Å². The van der Waals surface area contributed by atoms with Crippen molar-refractivity contribution >= 4 is 5.65 Å². The van der Waals surface area contributed by atoms with E-state index in [2.05, 4.69) is 15.1 Å². The molecule has 2 N–H and O–H groups in total. The zero-order chi connectivity index (χ0) is 17.4. The topological polar surface area (TPSA) is 74.0 Å². The van der Waals surface area contributed by atoms with Crippen molar-refractivity contribution in [2.75, 3.05) is 0 Å². The molecule has 1 aliphatic carbocycles. The molecule has 3 aromatic heterocycles. The second kappa shape index (κ2) is 6.18. The Balaban J connectivity index is 1.52. The predicted octanol–water partition coefficient (Wildman–Crippen LogP) is 2.80. The Morgan fingerprint density at radius 1 is 1.32 bits per heavy atom. The van der Waals surface area contributed by atoms with E-state index in [4.69, 9.17) is 5.73 Å². The van der Waals surface area contributed by atoms with Crippen LogP contribution in [0.15, 0.2) is 37.2 Å². The Bertz CT molecular complexity index is 847. The highest BCUT2D eigenvalue weighted by Crippen LogP contribution is 2.40. The normalized spacial score (nSPS) is 19.3. The number of halogens is 2. The first-order chi connectivity index (χ1) is 12.0. The lowest BCUT2D eigenvalue weighted by Gasteiger charge is -2.31. The van der Waals surface area contributed by atoms with Gasteiger partial charge in [0.05, 0.1) is 37.0 Å². The van der Waals surface area contributed by atoms with Crippen molar-refractivity contribution in [2.24, 2.45) is 11.7 Å². The summed E-state index contributed by atoms with van der Waals surface area (Å²) in [6, 6.07) is 1.62. The van der Waals surface area contributed by atoms with Crippen LogP contribution in [0.3, 0.4) is 0 Å². The van der Waals surface area contributed by atoms with Gasteiger partial charge in [-0.25, -0.2) is 23.3 Å². The van der Waals surface area contributed by atoms with Crippen molar-refractivity contribution in [2.45, 2.75) is 44.2 Å². The number of hydrogen-bond acceptors (Lipinski definition) is 4. The minimum Gasteiger partial charge on any atom is -0.333 e. The van der Waals surface area contributed by atoms with Crippen LogP contribution in [0.25, 0.3) is 5.65 Å². The Morgan fingerprint density at radius 3 is 2.84 bits per heavy atom. The summed E-state index contributed by atoms with van der Waals surface area (Å²) in [4.78, 5) is 8.60. The van der Waals surface area contributed by atoms with Gasteiger partial charge in [0.25, 0.3) is 0 Å². The molecule has 0 radical (unpaired) electrons. The monoisotopic (exact) mass is 346 g/mol. The summed E-state index contributed by atoms with van der Waals surface area (Å²) in [7, 11) is 0. The second-order valence-corrected chi connectivity index (χ2v) is 6.79. The summed E-state index contributed by atoms with van der Waals surface area (Å²) >= 11 is 0. The average molecular weight is 346 g/mol. The highest BCUT2D eigenvalue weighted by molar-refractivity contribution is 5.41. The highest BCUT2D eigenvalue weighted by atomic mass is 19.3. The van der Waals surface area contributed by atoms with E-state index in [0.29, 0.717) is 30.7 Å². The van der Waals surface area contributed by atoms with E-state index in [1.54, 1.807) is 29.4 Å². The van der Waals surface area contributed by atoms with Gasteiger partial charge in [0.2, 0.25) is 5.92 Å². The van der Waals surface area contributed by atoms with Crippen molar-refractivity contribution in [3.05, 3.63) is 48.4 Å². The van der Waals surface area contributed by atoms with E-state index in [0.717, 1.165) is 5.56 Å². The maximum Gasteiger partial charge on any atom is 0.248 e. The molecule has 1 saturated carbocycles. The van der Waals surface area contributed by atoms with Crippen LogP contribution in [0.2, 0.25) is 0 Å². The molecule has 0 bridgehead atoms. The third kappa shape index (κ3) is 3.39. The Labute approximate surface area is 143 Å². The van der Waals surface area contributed by atoms with Crippen LogP contribution in [-0.2, 0) is 6.54 Å². The molecule has 1 aliphatic rings. The Hall–Kier alpha value is -2.35. The quantitative estimate of drug-likeness (QED) is 0.788. The summed E-state index contributed by atoms with van der Waals surface area (Å²) in [5, 5.41) is 4.38. The lowest BCUT2D eigenvalue weighted by molar-refractivity contribution is -0.0484. The fourth-order valence-corrected chi connectivity index (χ4v) is 3.44. The van der Waals surface area contributed by atoms with Crippen molar-refractivity contribution in [1.82, 2.24) is 24.1 Å². The molecule has 0 aliphatic heterocycles. The number of hydrogen-bond donors (Lipinski definition) is 1. The van der Waals surface area contributed by atoms with Crippen molar-refractivity contribution < 1.29 is 8.78 Å². The molecular formula is C17H20F2N6. The number of nitrogens with zero attached hydrogens (tertiary/aromatic N) is 5. The van der Waals surface area contributed by atoms with Crippen LogP contribution in [0.4, 0.5) is 8.78 Å². The van der Waals surface area contributed by atoms with Gasteiger partial charge in [-0.1, -0.05) is 0 Å². The molecule has 1 fully saturated rings. The molecule has 132 valence electrons. The van der Waals surface area contributed by atoms with Crippen molar-refractivity contribution in [1.29, 1.82) is 0 Å². The summed E-state index contributed by atoms with van der Waals surface area (Å²) < 4.78 is 30.3. The van der Waals surface area contributed by atoms with Gasteiger partial charge < -0.3 is 10.3 Å². The molecule has 3 aromatic rings. The zero-order valence-corrected chi connectivity index (χ0v) is 13.7. The molecule has 0 aromatic carbocycles. The zero-order valence-electron chi connectivity index (χ0n) is 13.7. The number of alkyl halides is 2. The molecule has 1 atom stereocenters. The van der Waals surface area contributed by atoms with E-state index >= 15 is 0 Å². The van der Waals surface area contributed by atoms with Crippen LogP contribution < -0.4 is 5.73 Å². The van der Waals surface area contributed by atoms with Gasteiger partial charge in [-0.2, -0.15) is 5.10 Å². The molecule has 8 heteroatoms. The third-order valence-electron chi connectivity index (χ3n) is 4.93. The Kier molecular flexibility index (Phi) is 3.99. The first-order valence-electron chi connectivity index (χ1n) is 8.43. The molecule has 0 amide bonds. The van der Waals surface area contributed by atoms with Crippen molar-refractivity contribution in [3.63, 3.8) is 0 Å². The summed E-state index contributed by atoms with van der Waals surface area (Å²) in [5.41, 5.74) is 8.74. The van der Waals surface area contributed by atoms with Crippen LogP contribution >= 0.6 is 0 Å². The fraction of sp³-hybridized carbons (Fsp3) is 0.471. The molecule has 0 spiro atoms. The Morgan fingerprint density at radius 2 is 2.12 bits per heavy atom. The summed E-state index contributed by atoms with van der Waals surface area (Å²) in [6.07, 6.45) is 9.62. The van der Waals surface area contributed by atoms with Crippen LogP contribution in [-0.4, -0.2) is 30.1 Å². The van der Waals surface area contributed by atoms with Gasteiger partial charge in [-0.15, -0.1) is 0 Å². The number of aromatic nitrogens is 5. The largest absolute Gasteiger partial charge is 0.333 e. The van der Waals surface area contributed by atoms with Gasteiger partial charge in [-0.3, -0.25) is 0 Å². The van der Waals surface area contributed by atoms with E-state index < -0.39 is 5.92 Å². The third-order valence-corrected chi connectivity index (χ3v) is 4.93. The first-order valence-corrected chi connectivity index (χ1v) is 8.43. The number of nitrogens with two attached hydrogens (primary N) is 1. The van der Waals surface area contributed by atoms with Gasteiger partial charge in [0.1, 0.15) is 0 Å². The maximum absolute atomic E-state index is 13.3. The smallest absolute Gasteiger partial charge is 0.248 e. The van der Waals surface area contributed by atoms with Crippen LogP contribution in [0.1, 0.15) is 43.0 Å². The van der Waals surface area contributed by atoms with Gasteiger partial charge in [0, 0.05) is 25.2 Å². The summed E-state index contributed by atoms with van der Waals surface area (Å²) in [5.74, 6) is -2.51. The highest BCUT2D eigenvalue weighted by Gasteiger charge is 2.37. The molecule has 25 heavy (non-hydrogen) atoms. The fourth-order valence-electron chi connectivity index (χ4n) is 3.44. The summed E-state index contributed by atoms with van der Waals surface area (Å²) in [6.45, 7) is 0.662. The van der Waals surface area contributed by atoms with Crippen LogP contribution in [0.5, 0.6) is 0 Å². The number of fused-ring (bicyclic) bond motifs is 1. The molecule has 0 saturated heterocycles. The predicted molar refractivity (Wildman–Crippen MR) is 88.1 cm³/mol. The SMILES string of the molecule is N[C@H](c1cn2ncc(Cn3ccnc3)cc2n1)C1CCC(F)(F)CC1. The first kappa shape index (κ1) is 16.1. The van der Waals surface area contributed by atoms with E-state index in [9.17, 15) is 8.78 Å². The second-order valence-electron chi connectivity index (χ2n) is 6.79. The van der Waals surface area contributed by atoms with Crippen molar-refractivity contribution in [3.8, 4) is 0 Å².